The van der Waals surface area contributed by atoms with Crippen LogP contribution in [0.3, 0.4) is 0 Å². The van der Waals surface area contributed by atoms with Gasteiger partial charge < -0.3 is 25.5 Å². The lowest BCUT2D eigenvalue weighted by Crippen LogP contribution is -2.09. The number of nitrogens with zero attached hydrogens (tertiary/aromatic N) is 3. The molecule has 7 nitrogen and oxygen atoms in total. The average molecular weight is 412 g/mol. The minimum absolute atomic E-state index is 0.571. The average Bonchev–Trinajstić information content (AvgIpc) is 3.40. The van der Waals surface area contributed by atoms with Gasteiger partial charge in [-0.3, -0.25) is 0 Å². The van der Waals surface area contributed by atoms with Gasteiger partial charge in [0.15, 0.2) is 0 Å². The molecule has 0 aliphatic carbocycles. The van der Waals surface area contributed by atoms with Crippen LogP contribution in [-0.2, 0) is 6.54 Å². The van der Waals surface area contributed by atoms with Crippen LogP contribution in [0, 0.1) is 6.92 Å². The lowest BCUT2D eigenvalue weighted by atomic mass is 10.1. The third kappa shape index (κ3) is 3.90. The number of hydrogen-bond donors (Lipinski definition) is 4. The molecule has 0 atom stereocenters. The smallest absolute Gasteiger partial charge is 0.229 e. The minimum atomic E-state index is 0.571. The number of benzene rings is 2. The largest absolute Gasteiger partial charge is 0.378 e. The minimum Gasteiger partial charge on any atom is -0.378 e. The number of rotatable bonds is 6. The molecule has 0 spiro atoms. The second kappa shape index (κ2) is 7.68. The monoisotopic (exact) mass is 411 g/mol. The maximum atomic E-state index is 4.70. The first kappa shape index (κ1) is 19.0. The van der Waals surface area contributed by atoms with E-state index in [4.69, 9.17) is 4.98 Å². The Balaban J connectivity index is 1.40. The second-order valence-corrected chi connectivity index (χ2v) is 7.92. The van der Waals surface area contributed by atoms with E-state index in [9.17, 15) is 0 Å². The first-order valence-corrected chi connectivity index (χ1v) is 10.3. The van der Waals surface area contributed by atoms with Gasteiger partial charge in [-0.2, -0.15) is 4.98 Å². The van der Waals surface area contributed by atoms with Crippen LogP contribution in [0.15, 0.2) is 60.9 Å². The molecule has 4 N–H and O–H groups in total. The normalized spacial score (nSPS) is 11.2. The summed E-state index contributed by atoms with van der Waals surface area (Å²) >= 11 is 0. The van der Waals surface area contributed by atoms with Crippen LogP contribution in [0.5, 0.6) is 0 Å². The van der Waals surface area contributed by atoms with E-state index in [1.807, 2.05) is 39.5 Å². The Morgan fingerprint density at radius 3 is 2.61 bits per heavy atom. The summed E-state index contributed by atoms with van der Waals surface area (Å²) in [7, 11) is 4.06. The van der Waals surface area contributed by atoms with Gasteiger partial charge in [0.2, 0.25) is 5.95 Å². The molecule has 0 bridgehead atoms. The van der Waals surface area contributed by atoms with Crippen molar-refractivity contribution >= 4 is 44.9 Å². The van der Waals surface area contributed by atoms with E-state index in [0.29, 0.717) is 12.5 Å². The number of hydrogen-bond acceptors (Lipinski definition) is 5. The molecule has 7 heteroatoms. The summed E-state index contributed by atoms with van der Waals surface area (Å²) in [5.41, 5.74) is 6.38. The Labute approximate surface area is 180 Å². The van der Waals surface area contributed by atoms with Crippen molar-refractivity contribution in [3.8, 4) is 0 Å². The van der Waals surface area contributed by atoms with Gasteiger partial charge in [0, 0.05) is 66.9 Å². The molecule has 0 amide bonds. The Kier molecular flexibility index (Phi) is 4.71. The van der Waals surface area contributed by atoms with Crippen LogP contribution < -0.4 is 15.5 Å². The standard InChI is InChI=1S/C24H25N7/c1-15-10-23(27-14-16-4-5-20-17(11-16)6-8-25-20)30-24(28-15)29-22-13-18(31(2)3)12-21-19(22)7-9-26-21/h4-13,25-26H,14H2,1-3H3,(H2,27,28,29,30). The maximum Gasteiger partial charge on any atom is 0.229 e. The zero-order valence-electron chi connectivity index (χ0n) is 17.8. The van der Waals surface area contributed by atoms with E-state index in [2.05, 4.69) is 72.9 Å². The van der Waals surface area contributed by atoms with Crippen molar-refractivity contribution in [3.05, 3.63) is 72.2 Å². The number of aromatic amines is 2. The fraction of sp³-hybridized carbons (Fsp3) is 0.167. The molecule has 3 aromatic heterocycles. The van der Waals surface area contributed by atoms with E-state index in [1.54, 1.807) is 0 Å². The van der Waals surface area contributed by atoms with Gasteiger partial charge in [-0.1, -0.05) is 6.07 Å². The predicted molar refractivity (Wildman–Crippen MR) is 128 cm³/mol. The summed E-state index contributed by atoms with van der Waals surface area (Å²) in [5, 5.41) is 9.15. The SMILES string of the molecule is Cc1cc(NCc2ccc3[nH]ccc3c2)nc(Nc2cc(N(C)C)cc3[nH]ccc23)n1. The van der Waals surface area contributed by atoms with Gasteiger partial charge in [-0.05, 0) is 54.3 Å². The highest BCUT2D eigenvalue weighted by Gasteiger charge is 2.10. The van der Waals surface area contributed by atoms with Gasteiger partial charge in [-0.25, -0.2) is 4.98 Å². The van der Waals surface area contributed by atoms with Gasteiger partial charge >= 0.3 is 0 Å². The maximum absolute atomic E-state index is 4.70. The summed E-state index contributed by atoms with van der Waals surface area (Å²) in [6.45, 7) is 2.67. The molecular formula is C24H25N7. The van der Waals surface area contributed by atoms with Gasteiger partial charge in [0.05, 0.1) is 5.69 Å². The molecule has 0 radical (unpaired) electrons. The molecule has 0 unspecified atom stereocenters. The summed E-state index contributed by atoms with van der Waals surface area (Å²) < 4.78 is 0. The Bertz CT molecular complexity index is 1360. The first-order valence-electron chi connectivity index (χ1n) is 10.3. The van der Waals surface area contributed by atoms with E-state index >= 15 is 0 Å². The number of nitrogens with one attached hydrogen (secondary N) is 4. The van der Waals surface area contributed by atoms with Gasteiger partial charge in [-0.15, -0.1) is 0 Å². The van der Waals surface area contributed by atoms with E-state index in [0.717, 1.165) is 39.3 Å². The lowest BCUT2D eigenvalue weighted by Gasteiger charge is -2.16. The van der Waals surface area contributed by atoms with Crippen LogP contribution in [0.2, 0.25) is 0 Å². The topological polar surface area (TPSA) is 84.7 Å². The quantitative estimate of drug-likeness (QED) is 0.310. The van der Waals surface area contributed by atoms with Crippen molar-refractivity contribution in [1.82, 2.24) is 19.9 Å². The van der Waals surface area contributed by atoms with Crippen LogP contribution in [0.25, 0.3) is 21.8 Å². The Hall–Kier alpha value is -4.00. The van der Waals surface area contributed by atoms with Crippen LogP contribution in [0.4, 0.5) is 23.1 Å². The molecule has 3 heterocycles. The van der Waals surface area contributed by atoms with Crippen molar-refractivity contribution in [2.45, 2.75) is 13.5 Å². The van der Waals surface area contributed by atoms with Crippen LogP contribution >= 0.6 is 0 Å². The van der Waals surface area contributed by atoms with Crippen molar-refractivity contribution in [1.29, 1.82) is 0 Å². The van der Waals surface area contributed by atoms with Crippen molar-refractivity contribution < 1.29 is 0 Å². The fourth-order valence-electron chi connectivity index (χ4n) is 3.75. The molecule has 0 aliphatic rings. The van der Waals surface area contributed by atoms with Crippen molar-refractivity contribution in [2.75, 3.05) is 29.6 Å². The first-order chi connectivity index (χ1) is 15.0. The highest BCUT2D eigenvalue weighted by atomic mass is 15.1. The molecule has 156 valence electrons. The Morgan fingerprint density at radius 2 is 1.74 bits per heavy atom. The van der Waals surface area contributed by atoms with E-state index in [-0.39, 0.29) is 0 Å². The van der Waals surface area contributed by atoms with Gasteiger partial charge in [0.1, 0.15) is 5.82 Å². The summed E-state index contributed by atoms with van der Waals surface area (Å²) in [6.07, 6.45) is 3.90. The second-order valence-electron chi connectivity index (χ2n) is 7.92. The van der Waals surface area contributed by atoms with Crippen LogP contribution in [0.1, 0.15) is 11.3 Å². The fourth-order valence-corrected chi connectivity index (χ4v) is 3.75. The summed E-state index contributed by atoms with van der Waals surface area (Å²) in [4.78, 5) is 17.9. The highest BCUT2D eigenvalue weighted by Crippen LogP contribution is 2.30. The molecule has 2 aromatic carbocycles. The Morgan fingerprint density at radius 1 is 0.903 bits per heavy atom. The number of anilines is 4. The highest BCUT2D eigenvalue weighted by molar-refractivity contribution is 5.96. The van der Waals surface area contributed by atoms with E-state index in [1.165, 1.54) is 10.9 Å². The third-order valence-corrected chi connectivity index (χ3v) is 5.36. The molecule has 0 saturated heterocycles. The zero-order valence-corrected chi connectivity index (χ0v) is 17.8. The number of aromatic nitrogens is 4. The molecule has 0 aliphatic heterocycles. The number of H-pyrrole nitrogens is 2. The number of aryl methyl sites for hydroxylation is 1. The molecule has 5 rings (SSSR count). The molecular weight excluding hydrogens is 386 g/mol. The number of fused-ring (bicyclic) bond motifs is 2. The van der Waals surface area contributed by atoms with Crippen molar-refractivity contribution in [2.24, 2.45) is 0 Å². The lowest BCUT2D eigenvalue weighted by molar-refractivity contribution is 1.06. The summed E-state index contributed by atoms with van der Waals surface area (Å²) in [6, 6.07) is 16.7. The van der Waals surface area contributed by atoms with Crippen LogP contribution in [-0.4, -0.2) is 34.0 Å². The predicted octanol–water partition coefficient (Wildman–Crippen LogP) is 5.17. The molecule has 0 saturated carbocycles. The van der Waals surface area contributed by atoms with Gasteiger partial charge in [0.25, 0.3) is 0 Å². The zero-order chi connectivity index (χ0) is 21.4. The third-order valence-electron chi connectivity index (χ3n) is 5.36. The molecule has 0 fully saturated rings. The molecule has 5 aromatic rings. The van der Waals surface area contributed by atoms with Crippen molar-refractivity contribution in [3.63, 3.8) is 0 Å². The molecule has 31 heavy (non-hydrogen) atoms. The summed E-state index contributed by atoms with van der Waals surface area (Å²) in [5.74, 6) is 1.36. The van der Waals surface area contributed by atoms with E-state index < -0.39 is 0 Å².